The number of benzene rings is 2. The van der Waals surface area contributed by atoms with Crippen molar-refractivity contribution in [2.24, 2.45) is 0 Å². The molecule has 1 aliphatic heterocycles. The monoisotopic (exact) mass is 435 g/mol. The molecular formula is C24H25N3O3S. The molecule has 1 amide bonds. The number of nitrogens with zero attached hydrogens (tertiary/aromatic N) is 2. The van der Waals surface area contributed by atoms with Gasteiger partial charge in [-0.1, -0.05) is 42.1 Å². The molecule has 160 valence electrons. The maximum atomic E-state index is 12.7. The zero-order valence-electron chi connectivity index (χ0n) is 17.4. The fourth-order valence-corrected chi connectivity index (χ4v) is 4.52. The predicted molar refractivity (Wildman–Crippen MR) is 122 cm³/mol. The van der Waals surface area contributed by atoms with Crippen LogP contribution in [0.15, 0.2) is 66.0 Å². The van der Waals surface area contributed by atoms with Crippen molar-refractivity contribution in [3.63, 3.8) is 0 Å². The molecule has 1 N–H and O–H groups in total. The molecule has 1 unspecified atom stereocenters. The summed E-state index contributed by atoms with van der Waals surface area (Å²) in [4.78, 5) is 28.5. The fraction of sp³-hybridized carbons (Fsp3) is 0.292. The average Bonchev–Trinajstić information content (AvgIpc) is 3.43. The summed E-state index contributed by atoms with van der Waals surface area (Å²) in [5.41, 5.74) is 3.42. The molecular weight excluding hydrogens is 410 g/mol. The van der Waals surface area contributed by atoms with Gasteiger partial charge in [0.05, 0.1) is 30.3 Å². The van der Waals surface area contributed by atoms with Crippen LogP contribution in [0.5, 0.6) is 0 Å². The Kier molecular flexibility index (Phi) is 6.84. The maximum absolute atomic E-state index is 12.7. The summed E-state index contributed by atoms with van der Waals surface area (Å²) in [6, 6.07) is 17.1. The van der Waals surface area contributed by atoms with E-state index >= 15 is 0 Å². The van der Waals surface area contributed by atoms with E-state index in [-0.39, 0.29) is 23.5 Å². The van der Waals surface area contributed by atoms with Crippen LogP contribution < -0.4 is 5.32 Å². The predicted octanol–water partition coefficient (Wildman–Crippen LogP) is 4.66. The molecule has 0 bridgehead atoms. The first-order valence-electron chi connectivity index (χ1n) is 10.4. The molecule has 1 fully saturated rings. The standard InChI is InChI=1S/C24H25N3O3S/c1-17(28)26-20-11-9-19(10-12-20)23(29)16-31-24-25-14-22(18-6-3-2-4-7-18)27(24)15-21-8-5-13-30-21/h2-4,6-7,9-12,14,21H,5,8,13,15-16H2,1H3,(H,26,28). The molecule has 31 heavy (non-hydrogen) atoms. The number of Topliss-reactive ketones (excluding diaryl/α,β-unsaturated/α-hetero) is 1. The van der Waals surface area contributed by atoms with Crippen molar-refractivity contribution in [3.8, 4) is 11.3 Å². The number of carbonyl (C=O) groups excluding carboxylic acids is 2. The van der Waals surface area contributed by atoms with Crippen LogP contribution in [0.4, 0.5) is 5.69 Å². The molecule has 4 rings (SSSR count). The number of carbonyl (C=O) groups is 2. The van der Waals surface area contributed by atoms with Gasteiger partial charge in [0.25, 0.3) is 0 Å². The lowest BCUT2D eigenvalue weighted by Crippen LogP contribution is -2.17. The minimum atomic E-state index is -0.137. The van der Waals surface area contributed by atoms with E-state index in [1.54, 1.807) is 24.3 Å². The number of ether oxygens (including phenoxy) is 1. The first kappa shape index (κ1) is 21.3. The summed E-state index contributed by atoms with van der Waals surface area (Å²) in [7, 11) is 0. The van der Waals surface area contributed by atoms with Gasteiger partial charge in [-0.05, 0) is 42.7 Å². The van der Waals surface area contributed by atoms with E-state index < -0.39 is 0 Å². The van der Waals surface area contributed by atoms with Crippen LogP contribution in [0.2, 0.25) is 0 Å². The number of ketones is 1. The van der Waals surface area contributed by atoms with E-state index in [0.717, 1.165) is 42.4 Å². The van der Waals surface area contributed by atoms with Crippen LogP contribution in [0.1, 0.15) is 30.1 Å². The highest BCUT2D eigenvalue weighted by molar-refractivity contribution is 7.99. The third-order valence-electron chi connectivity index (χ3n) is 5.16. The fourth-order valence-electron chi connectivity index (χ4n) is 3.64. The van der Waals surface area contributed by atoms with Crippen molar-refractivity contribution in [2.75, 3.05) is 17.7 Å². The van der Waals surface area contributed by atoms with Crippen molar-refractivity contribution in [1.29, 1.82) is 0 Å². The average molecular weight is 436 g/mol. The summed E-state index contributed by atoms with van der Waals surface area (Å²) in [6.45, 7) is 2.99. The van der Waals surface area contributed by atoms with Crippen LogP contribution in [0.25, 0.3) is 11.3 Å². The van der Waals surface area contributed by atoms with E-state index in [1.807, 2.05) is 24.4 Å². The van der Waals surface area contributed by atoms with Gasteiger partial charge in [0.15, 0.2) is 10.9 Å². The van der Waals surface area contributed by atoms with Gasteiger partial charge >= 0.3 is 0 Å². The van der Waals surface area contributed by atoms with Crippen molar-refractivity contribution in [3.05, 3.63) is 66.4 Å². The Morgan fingerprint density at radius 1 is 1.16 bits per heavy atom. The minimum Gasteiger partial charge on any atom is -0.376 e. The zero-order chi connectivity index (χ0) is 21.6. The Balaban J connectivity index is 1.49. The molecule has 6 nitrogen and oxygen atoms in total. The van der Waals surface area contributed by atoms with Crippen molar-refractivity contribution in [1.82, 2.24) is 9.55 Å². The van der Waals surface area contributed by atoms with Crippen LogP contribution in [0.3, 0.4) is 0 Å². The number of rotatable bonds is 8. The maximum Gasteiger partial charge on any atom is 0.221 e. The van der Waals surface area contributed by atoms with E-state index in [2.05, 4.69) is 27.0 Å². The Morgan fingerprint density at radius 3 is 2.61 bits per heavy atom. The number of hydrogen-bond acceptors (Lipinski definition) is 5. The molecule has 1 aromatic heterocycles. The summed E-state index contributed by atoms with van der Waals surface area (Å²) >= 11 is 1.44. The molecule has 1 aliphatic rings. The normalized spacial score (nSPS) is 15.7. The lowest BCUT2D eigenvalue weighted by atomic mass is 10.1. The van der Waals surface area contributed by atoms with Crippen LogP contribution in [0, 0.1) is 0 Å². The smallest absolute Gasteiger partial charge is 0.221 e. The van der Waals surface area contributed by atoms with E-state index in [0.29, 0.717) is 11.3 Å². The van der Waals surface area contributed by atoms with E-state index in [9.17, 15) is 9.59 Å². The first-order chi connectivity index (χ1) is 15.1. The zero-order valence-corrected chi connectivity index (χ0v) is 18.2. The van der Waals surface area contributed by atoms with E-state index in [4.69, 9.17) is 4.74 Å². The highest BCUT2D eigenvalue weighted by Crippen LogP contribution is 2.28. The molecule has 7 heteroatoms. The van der Waals surface area contributed by atoms with Gasteiger partial charge in [-0.25, -0.2) is 4.98 Å². The number of hydrogen-bond donors (Lipinski definition) is 1. The van der Waals surface area contributed by atoms with Gasteiger partial charge < -0.3 is 14.6 Å². The van der Waals surface area contributed by atoms with Crippen molar-refractivity contribution < 1.29 is 14.3 Å². The number of amides is 1. The SMILES string of the molecule is CC(=O)Nc1ccc(C(=O)CSc2ncc(-c3ccccc3)n2CC2CCCO2)cc1. The van der Waals surface area contributed by atoms with Gasteiger partial charge in [0.2, 0.25) is 5.91 Å². The first-order valence-corrected chi connectivity index (χ1v) is 11.3. The number of nitrogens with one attached hydrogen (secondary N) is 1. The minimum absolute atomic E-state index is 0.0207. The summed E-state index contributed by atoms with van der Waals surface area (Å²) in [5.74, 6) is 0.171. The number of anilines is 1. The van der Waals surface area contributed by atoms with Gasteiger partial charge in [0, 0.05) is 24.8 Å². The van der Waals surface area contributed by atoms with Crippen LogP contribution in [-0.2, 0) is 16.1 Å². The second-order valence-corrected chi connectivity index (χ2v) is 8.45. The van der Waals surface area contributed by atoms with Gasteiger partial charge in [-0.3, -0.25) is 9.59 Å². The largest absolute Gasteiger partial charge is 0.376 e. The lowest BCUT2D eigenvalue weighted by molar-refractivity contribution is -0.114. The second kappa shape index (κ2) is 9.94. The molecule has 0 aliphatic carbocycles. The molecule has 0 radical (unpaired) electrons. The number of aromatic nitrogens is 2. The highest BCUT2D eigenvalue weighted by atomic mass is 32.2. The summed E-state index contributed by atoms with van der Waals surface area (Å²) < 4.78 is 8.02. The third-order valence-corrected chi connectivity index (χ3v) is 6.15. The molecule has 1 atom stereocenters. The molecule has 2 heterocycles. The second-order valence-electron chi connectivity index (χ2n) is 7.51. The van der Waals surface area contributed by atoms with Crippen molar-refractivity contribution >= 4 is 29.1 Å². The van der Waals surface area contributed by atoms with Gasteiger partial charge in [-0.2, -0.15) is 0 Å². The Morgan fingerprint density at radius 2 is 1.94 bits per heavy atom. The Hall–Kier alpha value is -2.90. The van der Waals surface area contributed by atoms with Crippen molar-refractivity contribution in [2.45, 2.75) is 37.6 Å². The molecule has 0 saturated carbocycles. The van der Waals surface area contributed by atoms with Crippen LogP contribution >= 0.6 is 11.8 Å². The molecule has 1 saturated heterocycles. The van der Waals surface area contributed by atoms with Gasteiger partial charge in [0.1, 0.15) is 0 Å². The lowest BCUT2D eigenvalue weighted by Gasteiger charge is -2.16. The Labute approximate surface area is 186 Å². The highest BCUT2D eigenvalue weighted by Gasteiger charge is 2.21. The van der Waals surface area contributed by atoms with E-state index in [1.165, 1.54) is 18.7 Å². The third kappa shape index (κ3) is 5.42. The summed E-state index contributed by atoms with van der Waals surface area (Å²) in [6.07, 6.45) is 4.17. The number of thioether (sulfide) groups is 1. The number of imidazole rings is 1. The molecule has 3 aromatic rings. The van der Waals surface area contributed by atoms with Crippen LogP contribution in [-0.4, -0.2) is 39.7 Å². The Bertz CT molecular complexity index is 1040. The topological polar surface area (TPSA) is 73.2 Å². The van der Waals surface area contributed by atoms with Gasteiger partial charge in [-0.15, -0.1) is 0 Å². The quantitative estimate of drug-likeness (QED) is 0.411. The molecule has 0 spiro atoms. The summed E-state index contributed by atoms with van der Waals surface area (Å²) in [5, 5.41) is 3.53. The molecule has 2 aromatic carbocycles.